The summed E-state index contributed by atoms with van der Waals surface area (Å²) in [5.41, 5.74) is 0. The van der Waals surface area contributed by atoms with Crippen molar-refractivity contribution in [3.8, 4) is 0 Å². The van der Waals surface area contributed by atoms with Crippen LogP contribution in [0.3, 0.4) is 0 Å². The second-order valence-electron chi connectivity index (χ2n) is 4.94. The number of ether oxygens (including phenoxy) is 2. The van der Waals surface area contributed by atoms with Gasteiger partial charge in [0.15, 0.2) is 0 Å². The first-order valence-electron chi connectivity index (χ1n) is 6.71. The summed E-state index contributed by atoms with van der Waals surface area (Å²) in [6.07, 6.45) is 1.16. The lowest BCUT2D eigenvalue weighted by atomic mass is 10.1. The maximum atomic E-state index is 12.1. The number of aliphatic carboxylic acids is 1. The number of carbonyl (C=O) groups is 2. The van der Waals surface area contributed by atoms with Crippen LogP contribution in [0.15, 0.2) is 0 Å². The van der Waals surface area contributed by atoms with E-state index >= 15 is 0 Å². The van der Waals surface area contributed by atoms with Crippen LogP contribution < -0.4 is 0 Å². The Morgan fingerprint density at radius 1 is 1.47 bits per heavy atom. The van der Waals surface area contributed by atoms with E-state index in [4.69, 9.17) is 14.6 Å². The van der Waals surface area contributed by atoms with Crippen LogP contribution in [-0.4, -0.2) is 60.4 Å². The molecule has 110 valence electrons. The van der Waals surface area contributed by atoms with Crippen molar-refractivity contribution < 1.29 is 24.2 Å². The van der Waals surface area contributed by atoms with Gasteiger partial charge in [-0.05, 0) is 20.3 Å². The molecular formula is C13H23NO5. The van der Waals surface area contributed by atoms with Crippen LogP contribution in [0.25, 0.3) is 0 Å². The van der Waals surface area contributed by atoms with Crippen LogP contribution in [0.5, 0.6) is 0 Å². The number of hydrogen-bond acceptors (Lipinski definition) is 4. The van der Waals surface area contributed by atoms with E-state index < -0.39 is 5.97 Å². The van der Waals surface area contributed by atoms with Gasteiger partial charge in [0, 0.05) is 19.6 Å². The van der Waals surface area contributed by atoms with Crippen molar-refractivity contribution in [1.82, 2.24) is 4.90 Å². The SMILES string of the molecule is CC(C)OCCCC(=O)N1CCOC[C@@H]1CC(=O)O. The number of carbonyl (C=O) groups excluding carboxylic acids is 1. The molecule has 0 saturated carbocycles. The number of hydrogen-bond donors (Lipinski definition) is 1. The Bertz CT molecular complexity index is 305. The molecule has 0 aromatic rings. The molecule has 0 bridgehead atoms. The first-order valence-corrected chi connectivity index (χ1v) is 6.71. The van der Waals surface area contributed by atoms with Gasteiger partial charge in [-0.3, -0.25) is 9.59 Å². The summed E-state index contributed by atoms with van der Waals surface area (Å²) < 4.78 is 10.6. The molecule has 6 heteroatoms. The molecule has 0 aromatic carbocycles. The van der Waals surface area contributed by atoms with Crippen LogP contribution in [0.1, 0.15) is 33.1 Å². The van der Waals surface area contributed by atoms with E-state index in [-0.39, 0.29) is 24.5 Å². The fraction of sp³-hybridized carbons (Fsp3) is 0.846. The molecule has 1 aliphatic heterocycles. The highest BCUT2D eigenvalue weighted by molar-refractivity contribution is 5.77. The van der Waals surface area contributed by atoms with Crippen molar-refractivity contribution in [2.45, 2.75) is 45.3 Å². The summed E-state index contributed by atoms with van der Waals surface area (Å²) in [7, 11) is 0. The summed E-state index contributed by atoms with van der Waals surface area (Å²) in [4.78, 5) is 24.4. The smallest absolute Gasteiger partial charge is 0.305 e. The fourth-order valence-electron chi connectivity index (χ4n) is 2.04. The molecule has 19 heavy (non-hydrogen) atoms. The number of morpholine rings is 1. The molecule has 1 heterocycles. The Hall–Kier alpha value is -1.14. The zero-order valence-corrected chi connectivity index (χ0v) is 11.6. The van der Waals surface area contributed by atoms with Crippen LogP contribution in [0.2, 0.25) is 0 Å². The van der Waals surface area contributed by atoms with Gasteiger partial charge in [-0.1, -0.05) is 0 Å². The molecule has 0 aliphatic carbocycles. The summed E-state index contributed by atoms with van der Waals surface area (Å²) in [6, 6.07) is -0.343. The minimum Gasteiger partial charge on any atom is -0.481 e. The predicted molar refractivity (Wildman–Crippen MR) is 68.9 cm³/mol. The summed E-state index contributed by atoms with van der Waals surface area (Å²) >= 11 is 0. The average molecular weight is 273 g/mol. The summed E-state index contributed by atoms with van der Waals surface area (Å²) in [6.45, 7) is 5.71. The highest BCUT2D eigenvalue weighted by Gasteiger charge is 2.28. The van der Waals surface area contributed by atoms with Gasteiger partial charge in [0.25, 0.3) is 0 Å². The van der Waals surface area contributed by atoms with E-state index in [9.17, 15) is 9.59 Å². The molecule has 1 N–H and O–H groups in total. The van der Waals surface area contributed by atoms with Crippen LogP contribution in [0, 0.1) is 0 Å². The average Bonchev–Trinajstić information content (AvgIpc) is 2.34. The quantitative estimate of drug-likeness (QED) is 0.697. The van der Waals surface area contributed by atoms with Gasteiger partial charge in [0.1, 0.15) is 0 Å². The van der Waals surface area contributed by atoms with Gasteiger partial charge < -0.3 is 19.5 Å². The third-order valence-corrected chi connectivity index (χ3v) is 2.94. The third-order valence-electron chi connectivity index (χ3n) is 2.94. The van der Waals surface area contributed by atoms with E-state index in [2.05, 4.69) is 0 Å². The van der Waals surface area contributed by atoms with Gasteiger partial charge in [-0.25, -0.2) is 0 Å². The van der Waals surface area contributed by atoms with Crippen molar-refractivity contribution in [2.75, 3.05) is 26.4 Å². The highest BCUT2D eigenvalue weighted by Crippen LogP contribution is 2.13. The standard InChI is InChI=1S/C13H23NO5/c1-10(2)19-6-3-4-12(15)14-5-7-18-9-11(14)8-13(16)17/h10-11H,3-9H2,1-2H3,(H,16,17)/t11-/m0/s1. The van der Waals surface area contributed by atoms with Crippen LogP contribution in [-0.2, 0) is 19.1 Å². The van der Waals surface area contributed by atoms with Crippen molar-refractivity contribution in [1.29, 1.82) is 0 Å². The summed E-state index contributed by atoms with van der Waals surface area (Å²) in [5.74, 6) is -0.918. The van der Waals surface area contributed by atoms with E-state index in [0.717, 1.165) is 0 Å². The fourth-order valence-corrected chi connectivity index (χ4v) is 2.04. The van der Waals surface area contributed by atoms with E-state index in [0.29, 0.717) is 39.2 Å². The van der Waals surface area contributed by atoms with E-state index in [1.165, 1.54) is 0 Å². The first-order chi connectivity index (χ1) is 9.00. The molecule has 1 rings (SSSR count). The maximum Gasteiger partial charge on any atom is 0.305 e. The Kier molecular flexibility index (Phi) is 6.80. The Morgan fingerprint density at radius 3 is 2.84 bits per heavy atom. The topological polar surface area (TPSA) is 76.1 Å². The molecule has 1 aliphatic rings. The monoisotopic (exact) mass is 273 g/mol. The zero-order chi connectivity index (χ0) is 14.3. The second kappa shape index (κ2) is 8.12. The number of carboxylic acid groups (broad SMARTS) is 1. The molecule has 6 nitrogen and oxygen atoms in total. The molecule has 1 amide bonds. The highest BCUT2D eigenvalue weighted by atomic mass is 16.5. The van der Waals surface area contributed by atoms with E-state index in [1.807, 2.05) is 13.8 Å². The van der Waals surface area contributed by atoms with Gasteiger partial charge in [-0.15, -0.1) is 0 Å². The summed E-state index contributed by atoms with van der Waals surface area (Å²) in [5, 5.41) is 8.83. The maximum absolute atomic E-state index is 12.1. The lowest BCUT2D eigenvalue weighted by molar-refractivity contribution is -0.146. The number of nitrogens with zero attached hydrogens (tertiary/aromatic N) is 1. The van der Waals surface area contributed by atoms with Crippen molar-refractivity contribution in [3.05, 3.63) is 0 Å². The Morgan fingerprint density at radius 2 is 2.21 bits per heavy atom. The normalized spacial score (nSPS) is 19.7. The Balaban J connectivity index is 2.37. The Labute approximate surface area is 113 Å². The molecule has 0 radical (unpaired) electrons. The zero-order valence-electron chi connectivity index (χ0n) is 11.6. The molecule has 1 atom stereocenters. The van der Waals surface area contributed by atoms with Crippen molar-refractivity contribution in [2.24, 2.45) is 0 Å². The third kappa shape index (κ3) is 6.02. The molecular weight excluding hydrogens is 250 g/mol. The molecule has 1 fully saturated rings. The molecule has 0 aromatic heterocycles. The number of rotatable bonds is 7. The minimum absolute atomic E-state index is 0.0121. The molecule has 0 unspecified atom stereocenters. The predicted octanol–water partition coefficient (Wildman–Crippen LogP) is 0.894. The largest absolute Gasteiger partial charge is 0.481 e. The number of amides is 1. The molecule has 1 saturated heterocycles. The lowest BCUT2D eigenvalue weighted by Gasteiger charge is -2.35. The van der Waals surface area contributed by atoms with Gasteiger partial charge >= 0.3 is 5.97 Å². The van der Waals surface area contributed by atoms with Gasteiger partial charge in [0.05, 0.1) is 31.8 Å². The molecule has 0 spiro atoms. The van der Waals surface area contributed by atoms with Gasteiger partial charge in [0.2, 0.25) is 5.91 Å². The van der Waals surface area contributed by atoms with Crippen LogP contribution >= 0.6 is 0 Å². The lowest BCUT2D eigenvalue weighted by Crippen LogP contribution is -2.49. The van der Waals surface area contributed by atoms with Gasteiger partial charge in [-0.2, -0.15) is 0 Å². The first kappa shape index (κ1) is 15.9. The van der Waals surface area contributed by atoms with Crippen molar-refractivity contribution >= 4 is 11.9 Å². The van der Waals surface area contributed by atoms with Crippen molar-refractivity contribution in [3.63, 3.8) is 0 Å². The minimum atomic E-state index is -0.906. The van der Waals surface area contributed by atoms with Crippen LogP contribution in [0.4, 0.5) is 0 Å². The second-order valence-corrected chi connectivity index (χ2v) is 4.94. The van der Waals surface area contributed by atoms with E-state index in [1.54, 1.807) is 4.90 Å². The number of carboxylic acids is 1.